The van der Waals surface area contributed by atoms with Crippen LogP contribution < -0.4 is 10.5 Å². The lowest BCUT2D eigenvalue weighted by Gasteiger charge is -2.05. The summed E-state index contributed by atoms with van der Waals surface area (Å²) in [5.74, 6) is 1.08. The van der Waals surface area contributed by atoms with Crippen molar-refractivity contribution in [3.63, 3.8) is 0 Å². The molecule has 70 valence electrons. The Morgan fingerprint density at radius 3 is 3.15 bits per heavy atom. The molecule has 1 aliphatic heterocycles. The molecule has 0 unspecified atom stereocenters. The van der Waals surface area contributed by atoms with Crippen molar-refractivity contribution in [1.29, 1.82) is 0 Å². The lowest BCUT2D eigenvalue weighted by Crippen LogP contribution is -2.01. The summed E-state index contributed by atoms with van der Waals surface area (Å²) in [5.41, 5.74) is 8.31. The molecule has 1 heterocycles. The standard InChI is InChI=1S/C11H15NO/c12-7-2-4-9-3-1-5-11-10(9)6-8-13-11/h1,3,5H,2,4,6-8,12H2. The van der Waals surface area contributed by atoms with Crippen LogP contribution in [0.3, 0.4) is 0 Å². The predicted octanol–water partition coefficient (Wildman–Crippen LogP) is 1.51. The lowest BCUT2D eigenvalue weighted by atomic mass is 10.0. The maximum Gasteiger partial charge on any atom is 0.122 e. The van der Waals surface area contributed by atoms with Crippen LogP contribution in [0, 0.1) is 0 Å². The first-order valence-corrected chi connectivity index (χ1v) is 4.85. The summed E-state index contributed by atoms with van der Waals surface area (Å²) in [7, 11) is 0. The van der Waals surface area contributed by atoms with Gasteiger partial charge in [0.2, 0.25) is 0 Å². The van der Waals surface area contributed by atoms with Gasteiger partial charge in [-0.3, -0.25) is 0 Å². The summed E-state index contributed by atoms with van der Waals surface area (Å²) in [6.07, 6.45) is 3.22. The number of ether oxygens (including phenoxy) is 1. The van der Waals surface area contributed by atoms with Crippen LogP contribution in [0.2, 0.25) is 0 Å². The molecule has 0 amide bonds. The zero-order valence-corrected chi connectivity index (χ0v) is 7.75. The van der Waals surface area contributed by atoms with E-state index in [-0.39, 0.29) is 0 Å². The van der Waals surface area contributed by atoms with Crippen molar-refractivity contribution in [3.05, 3.63) is 29.3 Å². The maximum atomic E-state index is 5.49. The average molecular weight is 177 g/mol. The Bertz CT molecular complexity index is 296. The van der Waals surface area contributed by atoms with Crippen molar-refractivity contribution in [2.24, 2.45) is 5.73 Å². The Morgan fingerprint density at radius 2 is 2.31 bits per heavy atom. The Kier molecular flexibility index (Phi) is 2.50. The van der Waals surface area contributed by atoms with Crippen LogP contribution in [0.25, 0.3) is 0 Å². The van der Waals surface area contributed by atoms with E-state index >= 15 is 0 Å². The highest BCUT2D eigenvalue weighted by molar-refractivity contribution is 5.42. The highest BCUT2D eigenvalue weighted by Gasteiger charge is 2.14. The largest absolute Gasteiger partial charge is 0.493 e. The molecule has 0 fully saturated rings. The van der Waals surface area contributed by atoms with Gasteiger partial charge in [0, 0.05) is 12.0 Å². The molecule has 2 nitrogen and oxygen atoms in total. The molecule has 13 heavy (non-hydrogen) atoms. The fourth-order valence-corrected chi connectivity index (χ4v) is 1.82. The fraction of sp³-hybridized carbons (Fsp3) is 0.455. The van der Waals surface area contributed by atoms with Crippen LogP contribution >= 0.6 is 0 Å². The molecule has 0 saturated heterocycles. The quantitative estimate of drug-likeness (QED) is 0.759. The number of aryl methyl sites for hydroxylation is 1. The maximum absolute atomic E-state index is 5.49. The van der Waals surface area contributed by atoms with Crippen LogP contribution in [0.15, 0.2) is 18.2 Å². The Morgan fingerprint density at radius 1 is 1.38 bits per heavy atom. The molecule has 2 heteroatoms. The summed E-state index contributed by atoms with van der Waals surface area (Å²) in [6, 6.07) is 6.30. The summed E-state index contributed by atoms with van der Waals surface area (Å²) >= 11 is 0. The molecule has 1 aromatic carbocycles. The first-order valence-electron chi connectivity index (χ1n) is 4.85. The highest BCUT2D eigenvalue weighted by Crippen LogP contribution is 2.28. The fourth-order valence-electron chi connectivity index (χ4n) is 1.82. The molecule has 0 aliphatic carbocycles. The molecule has 0 atom stereocenters. The van der Waals surface area contributed by atoms with Gasteiger partial charge in [-0.25, -0.2) is 0 Å². The number of rotatable bonds is 3. The van der Waals surface area contributed by atoms with E-state index in [0.717, 1.165) is 38.2 Å². The van der Waals surface area contributed by atoms with Gasteiger partial charge in [-0.2, -0.15) is 0 Å². The first-order chi connectivity index (χ1) is 6.42. The Labute approximate surface area is 78.7 Å². The second kappa shape index (κ2) is 3.79. The monoisotopic (exact) mass is 177 g/mol. The summed E-state index contributed by atoms with van der Waals surface area (Å²) in [4.78, 5) is 0. The van der Waals surface area contributed by atoms with E-state index in [1.807, 2.05) is 6.07 Å². The second-order valence-corrected chi connectivity index (χ2v) is 3.38. The highest BCUT2D eigenvalue weighted by atomic mass is 16.5. The molecule has 0 bridgehead atoms. The molecule has 1 aromatic rings. The first kappa shape index (κ1) is 8.57. The Hall–Kier alpha value is -1.02. The number of nitrogens with two attached hydrogens (primary N) is 1. The Balaban J connectivity index is 2.20. The van der Waals surface area contributed by atoms with E-state index < -0.39 is 0 Å². The molecular weight excluding hydrogens is 162 g/mol. The summed E-state index contributed by atoms with van der Waals surface area (Å²) in [5, 5.41) is 0. The van der Waals surface area contributed by atoms with Gasteiger partial charge < -0.3 is 10.5 Å². The van der Waals surface area contributed by atoms with Gasteiger partial charge >= 0.3 is 0 Å². The zero-order valence-electron chi connectivity index (χ0n) is 7.75. The third kappa shape index (κ3) is 1.68. The smallest absolute Gasteiger partial charge is 0.122 e. The van der Waals surface area contributed by atoms with Crippen molar-refractivity contribution in [3.8, 4) is 5.75 Å². The minimum absolute atomic E-state index is 0.768. The molecule has 2 rings (SSSR count). The van der Waals surface area contributed by atoms with Crippen molar-refractivity contribution >= 4 is 0 Å². The van der Waals surface area contributed by atoms with Crippen molar-refractivity contribution < 1.29 is 4.74 Å². The molecular formula is C11H15NO. The van der Waals surface area contributed by atoms with Gasteiger partial charge in [-0.15, -0.1) is 0 Å². The van der Waals surface area contributed by atoms with E-state index in [9.17, 15) is 0 Å². The van der Waals surface area contributed by atoms with E-state index in [1.165, 1.54) is 11.1 Å². The van der Waals surface area contributed by atoms with Gasteiger partial charge in [0.15, 0.2) is 0 Å². The minimum Gasteiger partial charge on any atom is -0.493 e. The molecule has 0 aromatic heterocycles. The average Bonchev–Trinajstić information content (AvgIpc) is 2.62. The van der Waals surface area contributed by atoms with Crippen LogP contribution in [0.4, 0.5) is 0 Å². The molecule has 0 spiro atoms. The van der Waals surface area contributed by atoms with E-state index in [1.54, 1.807) is 0 Å². The lowest BCUT2D eigenvalue weighted by molar-refractivity contribution is 0.357. The third-order valence-electron chi connectivity index (χ3n) is 2.49. The third-order valence-corrected chi connectivity index (χ3v) is 2.49. The van der Waals surface area contributed by atoms with Crippen molar-refractivity contribution in [1.82, 2.24) is 0 Å². The van der Waals surface area contributed by atoms with Gasteiger partial charge in [-0.1, -0.05) is 12.1 Å². The van der Waals surface area contributed by atoms with E-state index in [4.69, 9.17) is 10.5 Å². The van der Waals surface area contributed by atoms with Gasteiger partial charge in [0.25, 0.3) is 0 Å². The summed E-state index contributed by atoms with van der Waals surface area (Å²) in [6.45, 7) is 1.61. The molecule has 0 radical (unpaired) electrons. The summed E-state index contributed by atoms with van der Waals surface area (Å²) < 4.78 is 5.49. The zero-order chi connectivity index (χ0) is 9.10. The number of benzene rings is 1. The van der Waals surface area contributed by atoms with Crippen LogP contribution in [-0.2, 0) is 12.8 Å². The van der Waals surface area contributed by atoms with Crippen LogP contribution in [-0.4, -0.2) is 13.2 Å². The SMILES string of the molecule is NCCCc1cccc2c1CCO2. The van der Waals surface area contributed by atoms with Gasteiger partial charge in [-0.05, 0) is 31.0 Å². The second-order valence-electron chi connectivity index (χ2n) is 3.38. The van der Waals surface area contributed by atoms with Crippen molar-refractivity contribution in [2.45, 2.75) is 19.3 Å². The van der Waals surface area contributed by atoms with Gasteiger partial charge in [0.05, 0.1) is 6.61 Å². The topological polar surface area (TPSA) is 35.2 Å². The number of hydrogen-bond acceptors (Lipinski definition) is 2. The van der Waals surface area contributed by atoms with E-state index in [2.05, 4.69) is 12.1 Å². The molecule has 1 aliphatic rings. The normalized spacial score (nSPS) is 13.9. The minimum atomic E-state index is 0.768. The molecule has 2 N–H and O–H groups in total. The number of fused-ring (bicyclic) bond motifs is 1. The van der Waals surface area contributed by atoms with E-state index in [0.29, 0.717) is 0 Å². The predicted molar refractivity (Wildman–Crippen MR) is 53.0 cm³/mol. The number of hydrogen-bond donors (Lipinski definition) is 1. The molecule has 0 saturated carbocycles. The van der Waals surface area contributed by atoms with Crippen LogP contribution in [0.1, 0.15) is 17.5 Å². The van der Waals surface area contributed by atoms with Crippen molar-refractivity contribution in [2.75, 3.05) is 13.2 Å². The van der Waals surface area contributed by atoms with Crippen LogP contribution in [0.5, 0.6) is 5.75 Å². The van der Waals surface area contributed by atoms with Gasteiger partial charge in [0.1, 0.15) is 5.75 Å².